The molecule has 0 aliphatic carbocycles. The smallest absolute Gasteiger partial charge is 0.310 e. The van der Waals surface area contributed by atoms with Crippen LogP contribution in [0.4, 0.5) is 0 Å². The van der Waals surface area contributed by atoms with Crippen molar-refractivity contribution in [1.82, 2.24) is 0 Å². The SMILES string of the molecule is O=C(Cc1ccccc1)OC(CCl)CCl. The second-order valence-electron chi connectivity index (χ2n) is 3.08. The lowest BCUT2D eigenvalue weighted by molar-refractivity contribution is -0.146. The van der Waals surface area contributed by atoms with E-state index in [1.165, 1.54) is 0 Å². The lowest BCUT2D eigenvalue weighted by Crippen LogP contribution is -2.22. The van der Waals surface area contributed by atoms with Crippen molar-refractivity contribution in [1.29, 1.82) is 0 Å². The number of ether oxygens (including phenoxy) is 1. The lowest BCUT2D eigenvalue weighted by Gasteiger charge is -2.11. The van der Waals surface area contributed by atoms with E-state index >= 15 is 0 Å². The largest absolute Gasteiger partial charge is 0.460 e. The van der Waals surface area contributed by atoms with E-state index in [0.717, 1.165) is 5.56 Å². The van der Waals surface area contributed by atoms with Gasteiger partial charge in [0.15, 0.2) is 0 Å². The monoisotopic (exact) mass is 246 g/mol. The third-order valence-electron chi connectivity index (χ3n) is 1.83. The molecule has 1 aromatic carbocycles. The predicted molar refractivity (Wildman–Crippen MR) is 61.5 cm³/mol. The first kappa shape index (κ1) is 12.3. The topological polar surface area (TPSA) is 26.3 Å². The van der Waals surface area contributed by atoms with E-state index in [9.17, 15) is 4.79 Å². The number of rotatable bonds is 5. The third kappa shape index (κ3) is 4.54. The van der Waals surface area contributed by atoms with Crippen LogP contribution in [0.5, 0.6) is 0 Å². The van der Waals surface area contributed by atoms with Gasteiger partial charge in [0.05, 0.1) is 18.2 Å². The number of carbonyl (C=O) groups is 1. The van der Waals surface area contributed by atoms with Gasteiger partial charge in [-0.2, -0.15) is 0 Å². The van der Waals surface area contributed by atoms with Gasteiger partial charge < -0.3 is 4.74 Å². The Bertz CT molecular complexity index is 297. The molecule has 1 aromatic rings. The minimum absolute atomic E-state index is 0.226. The van der Waals surface area contributed by atoms with Crippen LogP contribution in [0.2, 0.25) is 0 Å². The van der Waals surface area contributed by atoms with E-state index < -0.39 is 6.10 Å². The fraction of sp³-hybridized carbons (Fsp3) is 0.364. The minimum atomic E-state index is -0.399. The predicted octanol–water partition coefficient (Wildman–Crippen LogP) is 2.62. The first-order valence-electron chi connectivity index (χ1n) is 4.61. The highest BCUT2D eigenvalue weighted by Gasteiger charge is 2.12. The number of alkyl halides is 2. The zero-order chi connectivity index (χ0) is 11.1. The summed E-state index contributed by atoms with van der Waals surface area (Å²) in [6.45, 7) is 0. The molecule has 15 heavy (non-hydrogen) atoms. The Kier molecular flexibility index (Phi) is 5.51. The summed E-state index contributed by atoms with van der Waals surface area (Å²) < 4.78 is 5.05. The Morgan fingerprint density at radius 2 is 1.80 bits per heavy atom. The Balaban J connectivity index is 2.43. The molecule has 0 aliphatic rings. The van der Waals surface area contributed by atoms with Gasteiger partial charge in [-0.1, -0.05) is 30.3 Å². The van der Waals surface area contributed by atoms with Gasteiger partial charge in [-0.25, -0.2) is 0 Å². The molecule has 0 saturated carbocycles. The molecule has 0 unspecified atom stereocenters. The van der Waals surface area contributed by atoms with E-state index in [0.29, 0.717) is 0 Å². The molecular formula is C11H12Cl2O2. The Morgan fingerprint density at radius 3 is 2.33 bits per heavy atom. The summed E-state index contributed by atoms with van der Waals surface area (Å²) in [5.41, 5.74) is 0.922. The van der Waals surface area contributed by atoms with E-state index in [-0.39, 0.29) is 24.2 Å². The van der Waals surface area contributed by atoms with Crippen LogP contribution in [0.15, 0.2) is 30.3 Å². The van der Waals surface area contributed by atoms with Crippen LogP contribution in [0.1, 0.15) is 5.56 Å². The van der Waals surface area contributed by atoms with Crippen molar-refractivity contribution in [3.8, 4) is 0 Å². The maximum Gasteiger partial charge on any atom is 0.310 e. The molecule has 0 atom stereocenters. The average Bonchev–Trinajstić information content (AvgIpc) is 2.27. The standard InChI is InChI=1S/C11H12Cl2O2/c12-7-10(8-13)15-11(14)6-9-4-2-1-3-5-9/h1-5,10H,6-8H2. The molecule has 82 valence electrons. The number of benzene rings is 1. The van der Waals surface area contributed by atoms with Crippen LogP contribution in [0.25, 0.3) is 0 Å². The maximum atomic E-state index is 11.4. The number of halogens is 2. The summed E-state index contributed by atoms with van der Waals surface area (Å²) in [5.74, 6) is 0.154. The molecular weight excluding hydrogens is 235 g/mol. The van der Waals surface area contributed by atoms with Crippen molar-refractivity contribution >= 4 is 29.2 Å². The fourth-order valence-corrected chi connectivity index (χ4v) is 1.55. The highest BCUT2D eigenvalue weighted by molar-refractivity contribution is 6.21. The van der Waals surface area contributed by atoms with Gasteiger partial charge >= 0.3 is 5.97 Å². The highest BCUT2D eigenvalue weighted by Crippen LogP contribution is 2.04. The van der Waals surface area contributed by atoms with E-state index in [1.54, 1.807) is 0 Å². The van der Waals surface area contributed by atoms with Gasteiger partial charge in [-0.15, -0.1) is 23.2 Å². The summed E-state index contributed by atoms with van der Waals surface area (Å²) in [6, 6.07) is 9.40. The van der Waals surface area contributed by atoms with Gasteiger partial charge in [-0.3, -0.25) is 4.79 Å². The molecule has 0 N–H and O–H groups in total. The molecule has 1 rings (SSSR count). The summed E-state index contributed by atoms with van der Waals surface area (Å²) in [7, 11) is 0. The van der Waals surface area contributed by atoms with Crippen molar-refractivity contribution in [2.45, 2.75) is 12.5 Å². The number of hydrogen-bond donors (Lipinski definition) is 0. The molecule has 4 heteroatoms. The van der Waals surface area contributed by atoms with E-state index in [4.69, 9.17) is 27.9 Å². The molecule has 0 bridgehead atoms. The number of carbonyl (C=O) groups excluding carboxylic acids is 1. The summed E-state index contributed by atoms with van der Waals surface area (Å²) >= 11 is 11.1. The Hall–Kier alpha value is -0.730. The normalized spacial score (nSPS) is 10.3. The van der Waals surface area contributed by atoms with Crippen molar-refractivity contribution in [3.63, 3.8) is 0 Å². The second kappa shape index (κ2) is 6.70. The maximum absolute atomic E-state index is 11.4. The molecule has 0 aromatic heterocycles. The zero-order valence-corrected chi connectivity index (χ0v) is 9.67. The summed E-state index contributed by atoms with van der Waals surface area (Å²) in [5, 5.41) is 0. The number of hydrogen-bond acceptors (Lipinski definition) is 2. The lowest BCUT2D eigenvalue weighted by atomic mass is 10.2. The minimum Gasteiger partial charge on any atom is -0.460 e. The molecule has 0 spiro atoms. The molecule has 2 nitrogen and oxygen atoms in total. The van der Waals surface area contributed by atoms with Crippen LogP contribution < -0.4 is 0 Å². The highest BCUT2D eigenvalue weighted by atomic mass is 35.5. The van der Waals surface area contributed by atoms with Crippen LogP contribution in [-0.4, -0.2) is 23.8 Å². The van der Waals surface area contributed by atoms with E-state index in [2.05, 4.69) is 0 Å². The van der Waals surface area contributed by atoms with Crippen LogP contribution in [0.3, 0.4) is 0 Å². The van der Waals surface area contributed by atoms with Crippen LogP contribution in [0, 0.1) is 0 Å². The van der Waals surface area contributed by atoms with Crippen molar-refractivity contribution in [3.05, 3.63) is 35.9 Å². The Morgan fingerprint density at radius 1 is 1.20 bits per heavy atom. The fourth-order valence-electron chi connectivity index (χ4n) is 1.09. The van der Waals surface area contributed by atoms with E-state index in [1.807, 2.05) is 30.3 Å². The number of esters is 1. The van der Waals surface area contributed by atoms with Crippen LogP contribution >= 0.6 is 23.2 Å². The van der Waals surface area contributed by atoms with Gasteiger partial charge in [0.2, 0.25) is 0 Å². The van der Waals surface area contributed by atoms with Gasteiger partial charge in [0.1, 0.15) is 6.10 Å². The van der Waals surface area contributed by atoms with Gasteiger partial charge in [0.25, 0.3) is 0 Å². The molecule has 0 aliphatic heterocycles. The second-order valence-corrected chi connectivity index (χ2v) is 3.70. The first-order valence-corrected chi connectivity index (χ1v) is 5.68. The first-order chi connectivity index (χ1) is 7.26. The molecule has 0 fully saturated rings. The zero-order valence-electron chi connectivity index (χ0n) is 8.16. The van der Waals surface area contributed by atoms with Gasteiger partial charge in [0, 0.05) is 0 Å². The van der Waals surface area contributed by atoms with Gasteiger partial charge in [-0.05, 0) is 5.56 Å². The molecule has 0 heterocycles. The summed E-state index contributed by atoms with van der Waals surface area (Å²) in [6.07, 6.45) is -0.143. The molecule has 0 amide bonds. The van der Waals surface area contributed by atoms with Crippen LogP contribution in [-0.2, 0) is 16.0 Å². The average molecular weight is 247 g/mol. The molecule has 0 saturated heterocycles. The quantitative estimate of drug-likeness (QED) is 0.590. The van der Waals surface area contributed by atoms with Crippen molar-refractivity contribution in [2.75, 3.05) is 11.8 Å². The van der Waals surface area contributed by atoms with Crippen molar-refractivity contribution in [2.24, 2.45) is 0 Å². The van der Waals surface area contributed by atoms with Crippen molar-refractivity contribution < 1.29 is 9.53 Å². The Labute approximate surface area is 99.1 Å². The third-order valence-corrected chi connectivity index (χ3v) is 2.52. The molecule has 0 radical (unpaired) electrons. The summed E-state index contributed by atoms with van der Waals surface area (Å²) in [4.78, 5) is 11.4.